The van der Waals surface area contributed by atoms with Crippen LogP contribution in [0.3, 0.4) is 0 Å². The van der Waals surface area contributed by atoms with Crippen molar-refractivity contribution < 1.29 is 39.8 Å². The van der Waals surface area contributed by atoms with E-state index in [0.29, 0.717) is 23.7 Å². The summed E-state index contributed by atoms with van der Waals surface area (Å²) in [5.41, 5.74) is 0.300. The first kappa shape index (κ1) is 23.9. The summed E-state index contributed by atoms with van der Waals surface area (Å²) in [5.74, 6) is 1.05. The number of aliphatic hydroxyl groups excluding tert-OH is 4. The van der Waals surface area contributed by atoms with Gasteiger partial charge in [0.15, 0.2) is 12.4 Å². The highest BCUT2D eigenvalue weighted by Gasteiger charge is 2.60. The Morgan fingerprint density at radius 1 is 0.848 bits per heavy atom. The van der Waals surface area contributed by atoms with E-state index in [9.17, 15) is 30.3 Å². The van der Waals surface area contributed by atoms with E-state index in [1.807, 2.05) is 0 Å². The molecular formula is C25H40O8. The van der Waals surface area contributed by atoms with Crippen LogP contribution in [0, 0.1) is 34.5 Å². The van der Waals surface area contributed by atoms with Gasteiger partial charge in [-0.15, -0.1) is 0 Å². The largest absolute Gasteiger partial charge is 0.479 e. The standard InChI is InChI=1S/C25H40O8/c1-24-9-7-13(32-23-20(29)18(27)19(28)21(33-23)22(30)31)11-12(24)3-4-14-15-5-6-17(26)25(15,2)10-8-16(14)24/h12-21,23,26-29H,3-11H2,1-2H3,(H,30,31)/t12-,13+,14-,15-,16-,17-,18?,19-,20+,21?,23-,24-,25-/m0/s1. The van der Waals surface area contributed by atoms with Crippen molar-refractivity contribution in [2.45, 2.75) is 115 Å². The molecule has 8 heteroatoms. The molecule has 0 aromatic heterocycles. The normalized spacial score (nSPS) is 56.5. The second kappa shape index (κ2) is 8.42. The third kappa shape index (κ3) is 3.67. The summed E-state index contributed by atoms with van der Waals surface area (Å²) in [6, 6.07) is 0. The number of carboxylic acid groups (broad SMARTS) is 1. The van der Waals surface area contributed by atoms with Gasteiger partial charge in [-0.05, 0) is 92.3 Å². The molecule has 1 saturated heterocycles. The van der Waals surface area contributed by atoms with Gasteiger partial charge in [-0.1, -0.05) is 13.8 Å². The second-order valence-corrected chi connectivity index (χ2v) is 12.1. The zero-order chi connectivity index (χ0) is 23.7. The molecule has 0 aromatic rings. The Labute approximate surface area is 195 Å². The fourth-order valence-electron chi connectivity index (χ4n) is 8.67. The van der Waals surface area contributed by atoms with E-state index in [2.05, 4.69) is 13.8 Å². The highest BCUT2D eigenvalue weighted by Crippen LogP contribution is 2.66. The van der Waals surface area contributed by atoms with Gasteiger partial charge in [-0.25, -0.2) is 4.79 Å². The quantitative estimate of drug-likeness (QED) is 0.395. The predicted octanol–water partition coefficient (Wildman–Crippen LogP) is 1.67. The van der Waals surface area contributed by atoms with E-state index in [4.69, 9.17) is 9.47 Å². The topological polar surface area (TPSA) is 137 Å². The van der Waals surface area contributed by atoms with E-state index >= 15 is 0 Å². The average molecular weight is 469 g/mol. The molecule has 2 unspecified atom stereocenters. The lowest BCUT2D eigenvalue weighted by atomic mass is 9.45. The Bertz CT molecular complexity index is 761. The lowest BCUT2D eigenvalue weighted by molar-refractivity contribution is -0.309. The van der Waals surface area contributed by atoms with Crippen molar-refractivity contribution in [1.82, 2.24) is 0 Å². The Hall–Kier alpha value is -0.770. The maximum Gasteiger partial charge on any atom is 0.335 e. The van der Waals surface area contributed by atoms with E-state index in [1.165, 1.54) is 12.8 Å². The van der Waals surface area contributed by atoms with Gasteiger partial charge in [0.2, 0.25) is 0 Å². The average Bonchev–Trinajstić information content (AvgIpc) is 3.08. The summed E-state index contributed by atoms with van der Waals surface area (Å²) < 4.78 is 11.4. The summed E-state index contributed by atoms with van der Waals surface area (Å²) >= 11 is 0. The lowest BCUT2D eigenvalue weighted by Crippen LogP contribution is -2.61. The number of rotatable bonds is 3. The summed E-state index contributed by atoms with van der Waals surface area (Å²) in [7, 11) is 0. The van der Waals surface area contributed by atoms with Crippen molar-refractivity contribution in [3.8, 4) is 0 Å². The smallest absolute Gasteiger partial charge is 0.335 e. The number of ether oxygens (including phenoxy) is 2. The molecular weight excluding hydrogens is 428 g/mol. The zero-order valence-electron chi connectivity index (χ0n) is 19.7. The number of carbonyl (C=O) groups is 1. The Morgan fingerprint density at radius 3 is 2.27 bits per heavy atom. The Balaban J connectivity index is 1.26. The van der Waals surface area contributed by atoms with Crippen LogP contribution < -0.4 is 0 Å². The van der Waals surface area contributed by atoms with Crippen molar-refractivity contribution in [1.29, 1.82) is 0 Å². The summed E-state index contributed by atoms with van der Waals surface area (Å²) in [6.45, 7) is 4.74. The first-order chi connectivity index (χ1) is 15.6. The third-order valence-corrected chi connectivity index (χ3v) is 10.7. The summed E-state index contributed by atoms with van der Waals surface area (Å²) in [4.78, 5) is 11.4. The van der Waals surface area contributed by atoms with Crippen LogP contribution in [0.15, 0.2) is 0 Å². The molecule has 4 aliphatic carbocycles. The van der Waals surface area contributed by atoms with Crippen LogP contribution in [0.5, 0.6) is 0 Å². The van der Waals surface area contributed by atoms with Gasteiger partial charge in [0.25, 0.3) is 0 Å². The van der Waals surface area contributed by atoms with Gasteiger partial charge >= 0.3 is 5.97 Å². The van der Waals surface area contributed by atoms with Crippen molar-refractivity contribution in [3.05, 3.63) is 0 Å². The maximum absolute atomic E-state index is 11.4. The molecule has 188 valence electrons. The molecule has 1 heterocycles. The molecule has 8 nitrogen and oxygen atoms in total. The monoisotopic (exact) mass is 468 g/mol. The van der Waals surface area contributed by atoms with Crippen LogP contribution in [0.4, 0.5) is 0 Å². The zero-order valence-corrected chi connectivity index (χ0v) is 19.7. The first-order valence-corrected chi connectivity index (χ1v) is 12.8. The molecule has 0 spiro atoms. The van der Waals surface area contributed by atoms with Crippen LogP contribution in [0.2, 0.25) is 0 Å². The minimum Gasteiger partial charge on any atom is -0.479 e. The fourth-order valence-corrected chi connectivity index (χ4v) is 8.67. The summed E-state index contributed by atoms with van der Waals surface area (Å²) in [5, 5.41) is 50.3. The van der Waals surface area contributed by atoms with Crippen LogP contribution in [-0.2, 0) is 14.3 Å². The molecule has 5 fully saturated rings. The SMILES string of the molecule is C[C@]12CC[C@@H](O[C@H]3OC(C(=O)O)[C@@H](O)C(O)[C@H]3O)C[C@@H]1CC[C@@H]1[C@@H]2CC[C@]2(C)[C@@H](O)CC[C@@H]12. The minimum atomic E-state index is -1.70. The molecule has 5 aliphatic rings. The van der Waals surface area contributed by atoms with E-state index in [-0.39, 0.29) is 23.0 Å². The highest BCUT2D eigenvalue weighted by atomic mass is 16.7. The van der Waals surface area contributed by atoms with E-state index in [0.717, 1.165) is 44.9 Å². The molecule has 4 saturated carbocycles. The number of aliphatic carboxylic acids is 1. The molecule has 0 aromatic carbocycles. The number of hydrogen-bond donors (Lipinski definition) is 5. The number of fused-ring (bicyclic) bond motifs is 5. The fraction of sp³-hybridized carbons (Fsp3) is 0.960. The van der Waals surface area contributed by atoms with Crippen molar-refractivity contribution in [3.63, 3.8) is 0 Å². The third-order valence-electron chi connectivity index (χ3n) is 10.7. The van der Waals surface area contributed by atoms with Gasteiger partial charge < -0.3 is 35.0 Å². The molecule has 0 amide bonds. The number of aliphatic hydroxyl groups is 4. The van der Waals surface area contributed by atoms with Crippen LogP contribution in [0.1, 0.15) is 71.6 Å². The Morgan fingerprint density at radius 2 is 1.55 bits per heavy atom. The van der Waals surface area contributed by atoms with Crippen molar-refractivity contribution >= 4 is 5.97 Å². The minimum absolute atomic E-state index is 0.0746. The molecule has 0 radical (unpaired) electrons. The molecule has 5 rings (SSSR count). The van der Waals surface area contributed by atoms with Gasteiger partial charge in [-0.3, -0.25) is 0 Å². The van der Waals surface area contributed by atoms with Crippen LogP contribution >= 0.6 is 0 Å². The molecule has 1 aliphatic heterocycles. The van der Waals surface area contributed by atoms with Crippen LogP contribution in [0.25, 0.3) is 0 Å². The number of carboxylic acids is 1. The predicted molar refractivity (Wildman–Crippen MR) is 117 cm³/mol. The molecule has 5 N–H and O–H groups in total. The first-order valence-electron chi connectivity index (χ1n) is 12.8. The van der Waals surface area contributed by atoms with Crippen LogP contribution in [-0.4, -0.2) is 74.4 Å². The summed E-state index contributed by atoms with van der Waals surface area (Å²) in [6.07, 6.45) is 1.19. The number of hydrogen-bond acceptors (Lipinski definition) is 7. The van der Waals surface area contributed by atoms with Gasteiger partial charge in [-0.2, -0.15) is 0 Å². The molecule has 13 atom stereocenters. The lowest BCUT2D eigenvalue weighted by Gasteiger charge is -2.61. The van der Waals surface area contributed by atoms with Gasteiger partial charge in [0.05, 0.1) is 12.2 Å². The maximum atomic E-state index is 11.4. The van der Waals surface area contributed by atoms with Gasteiger partial charge in [0.1, 0.15) is 18.3 Å². The molecule has 33 heavy (non-hydrogen) atoms. The second-order valence-electron chi connectivity index (χ2n) is 12.1. The van der Waals surface area contributed by atoms with E-state index in [1.54, 1.807) is 0 Å². The van der Waals surface area contributed by atoms with Crippen molar-refractivity contribution in [2.24, 2.45) is 34.5 Å². The molecule has 0 bridgehead atoms. The van der Waals surface area contributed by atoms with Crippen molar-refractivity contribution in [2.75, 3.05) is 0 Å². The van der Waals surface area contributed by atoms with E-state index < -0.39 is 36.7 Å². The Kier molecular flexibility index (Phi) is 6.11. The highest BCUT2D eigenvalue weighted by molar-refractivity contribution is 5.73. The van der Waals surface area contributed by atoms with Gasteiger partial charge in [0, 0.05) is 0 Å².